The maximum Gasteiger partial charge on any atom is 0.120 e. The molecule has 4 heteroatoms. The standard InChI is InChI=1S/C17H19N3O/c1-21-16-9-5-8-15(11-16)20-17(10-14(12-18)19-20)13-6-3-2-4-7-13/h2-9,11,17H,10,12,18H2,1H3. The molecule has 0 saturated heterocycles. The third-order valence-electron chi connectivity index (χ3n) is 3.71. The van der Waals surface area contributed by atoms with Crippen LogP contribution in [0.4, 0.5) is 5.69 Å². The molecule has 0 aliphatic carbocycles. The molecule has 2 aromatic rings. The molecular weight excluding hydrogens is 262 g/mol. The molecule has 3 rings (SSSR count). The molecule has 1 aliphatic rings. The zero-order chi connectivity index (χ0) is 14.7. The first kappa shape index (κ1) is 13.6. The molecule has 2 N–H and O–H groups in total. The van der Waals surface area contributed by atoms with Crippen molar-refractivity contribution < 1.29 is 4.74 Å². The van der Waals surface area contributed by atoms with Crippen molar-refractivity contribution in [2.75, 3.05) is 18.7 Å². The summed E-state index contributed by atoms with van der Waals surface area (Å²) in [7, 11) is 1.67. The Kier molecular flexibility index (Phi) is 3.88. The van der Waals surface area contributed by atoms with Gasteiger partial charge in [-0.05, 0) is 17.7 Å². The van der Waals surface area contributed by atoms with Gasteiger partial charge in [0.25, 0.3) is 0 Å². The molecule has 1 aliphatic heterocycles. The fraction of sp³-hybridized carbons (Fsp3) is 0.235. The Balaban J connectivity index is 1.97. The van der Waals surface area contributed by atoms with Crippen molar-refractivity contribution in [1.29, 1.82) is 0 Å². The van der Waals surface area contributed by atoms with Gasteiger partial charge in [-0.25, -0.2) is 0 Å². The number of hydrogen-bond acceptors (Lipinski definition) is 4. The Morgan fingerprint density at radius 2 is 2.00 bits per heavy atom. The van der Waals surface area contributed by atoms with Crippen molar-refractivity contribution in [3.05, 3.63) is 60.2 Å². The second kappa shape index (κ2) is 5.97. The van der Waals surface area contributed by atoms with E-state index >= 15 is 0 Å². The van der Waals surface area contributed by atoms with E-state index in [4.69, 9.17) is 10.5 Å². The number of benzene rings is 2. The van der Waals surface area contributed by atoms with E-state index in [1.807, 2.05) is 35.3 Å². The molecule has 21 heavy (non-hydrogen) atoms. The molecule has 0 aromatic heterocycles. The van der Waals surface area contributed by atoms with Gasteiger partial charge in [0.15, 0.2) is 0 Å². The molecule has 0 amide bonds. The molecule has 108 valence electrons. The fourth-order valence-corrected chi connectivity index (χ4v) is 2.62. The Bertz CT molecular complexity index is 639. The van der Waals surface area contributed by atoms with E-state index in [9.17, 15) is 0 Å². The van der Waals surface area contributed by atoms with Crippen LogP contribution in [0.2, 0.25) is 0 Å². The summed E-state index contributed by atoms with van der Waals surface area (Å²) in [6, 6.07) is 18.5. The zero-order valence-corrected chi connectivity index (χ0v) is 12.1. The van der Waals surface area contributed by atoms with Gasteiger partial charge in [-0.15, -0.1) is 0 Å². The molecule has 1 heterocycles. The van der Waals surface area contributed by atoms with Crippen molar-refractivity contribution in [3.8, 4) is 5.75 Å². The summed E-state index contributed by atoms with van der Waals surface area (Å²) in [5.74, 6) is 0.829. The molecular formula is C17H19N3O. The summed E-state index contributed by atoms with van der Waals surface area (Å²) in [5.41, 5.74) is 9.07. The van der Waals surface area contributed by atoms with Crippen LogP contribution in [0.15, 0.2) is 59.7 Å². The maximum absolute atomic E-state index is 5.79. The number of methoxy groups -OCH3 is 1. The molecule has 0 bridgehead atoms. The second-order valence-electron chi connectivity index (χ2n) is 5.05. The first-order valence-corrected chi connectivity index (χ1v) is 7.06. The number of rotatable bonds is 4. The van der Waals surface area contributed by atoms with E-state index in [0.29, 0.717) is 6.54 Å². The highest BCUT2D eigenvalue weighted by Crippen LogP contribution is 2.36. The van der Waals surface area contributed by atoms with E-state index in [1.54, 1.807) is 7.11 Å². The van der Waals surface area contributed by atoms with Crippen LogP contribution in [-0.4, -0.2) is 19.4 Å². The van der Waals surface area contributed by atoms with E-state index in [0.717, 1.165) is 23.6 Å². The highest BCUT2D eigenvalue weighted by atomic mass is 16.5. The van der Waals surface area contributed by atoms with Gasteiger partial charge < -0.3 is 10.5 Å². The van der Waals surface area contributed by atoms with Crippen LogP contribution in [0.25, 0.3) is 0 Å². The Hall–Kier alpha value is -2.33. The first-order valence-electron chi connectivity index (χ1n) is 7.06. The van der Waals surface area contributed by atoms with E-state index in [2.05, 4.69) is 29.4 Å². The van der Waals surface area contributed by atoms with Crippen LogP contribution >= 0.6 is 0 Å². The third-order valence-corrected chi connectivity index (χ3v) is 3.71. The molecule has 4 nitrogen and oxygen atoms in total. The van der Waals surface area contributed by atoms with Crippen LogP contribution in [0.5, 0.6) is 5.75 Å². The van der Waals surface area contributed by atoms with Gasteiger partial charge in [0.2, 0.25) is 0 Å². The van der Waals surface area contributed by atoms with Crippen LogP contribution in [0.1, 0.15) is 18.0 Å². The van der Waals surface area contributed by atoms with Gasteiger partial charge in [-0.3, -0.25) is 5.01 Å². The zero-order valence-electron chi connectivity index (χ0n) is 12.1. The normalized spacial score (nSPS) is 17.7. The van der Waals surface area contributed by atoms with E-state index in [-0.39, 0.29) is 6.04 Å². The lowest BCUT2D eigenvalue weighted by Crippen LogP contribution is -2.18. The van der Waals surface area contributed by atoms with Gasteiger partial charge in [-0.1, -0.05) is 36.4 Å². The van der Waals surface area contributed by atoms with Crippen LogP contribution in [0.3, 0.4) is 0 Å². The minimum atomic E-state index is 0.192. The lowest BCUT2D eigenvalue weighted by molar-refractivity contribution is 0.414. The Labute approximate surface area is 124 Å². The predicted molar refractivity (Wildman–Crippen MR) is 85.8 cm³/mol. The SMILES string of the molecule is COc1cccc(N2N=C(CN)CC2c2ccccc2)c1. The average Bonchev–Trinajstić information content (AvgIpc) is 3.00. The predicted octanol–water partition coefficient (Wildman–Crippen LogP) is 2.96. The summed E-state index contributed by atoms with van der Waals surface area (Å²) in [5, 5.41) is 6.72. The van der Waals surface area contributed by atoms with E-state index in [1.165, 1.54) is 5.56 Å². The van der Waals surface area contributed by atoms with Gasteiger partial charge in [0, 0.05) is 19.0 Å². The molecule has 0 saturated carbocycles. The highest BCUT2D eigenvalue weighted by molar-refractivity contribution is 5.90. The van der Waals surface area contributed by atoms with Crippen molar-refractivity contribution in [3.63, 3.8) is 0 Å². The van der Waals surface area contributed by atoms with Crippen LogP contribution < -0.4 is 15.5 Å². The van der Waals surface area contributed by atoms with Crippen LogP contribution in [-0.2, 0) is 0 Å². The van der Waals surface area contributed by atoms with Crippen molar-refractivity contribution in [2.45, 2.75) is 12.5 Å². The maximum atomic E-state index is 5.79. The molecule has 1 atom stereocenters. The number of ether oxygens (including phenoxy) is 1. The Morgan fingerprint density at radius 1 is 1.19 bits per heavy atom. The van der Waals surface area contributed by atoms with Gasteiger partial charge in [-0.2, -0.15) is 5.10 Å². The minimum absolute atomic E-state index is 0.192. The number of nitrogens with zero attached hydrogens (tertiary/aromatic N) is 2. The summed E-state index contributed by atoms with van der Waals surface area (Å²) in [4.78, 5) is 0. The molecule has 2 aromatic carbocycles. The van der Waals surface area contributed by atoms with Gasteiger partial charge in [0.1, 0.15) is 5.75 Å². The Morgan fingerprint density at radius 3 is 2.71 bits per heavy atom. The first-order chi connectivity index (χ1) is 10.3. The monoisotopic (exact) mass is 281 g/mol. The summed E-state index contributed by atoms with van der Waals surface area (Å²) >= 11 is 0. The molecule has 0 fully saturated rings. The fourth-order valence-electron chi connectivity index (χ4n) is 2.62. The van der Waals surface area contributed by atoms with Crippen molar-refractivity contribution in [2.24, 2.45) is 10.8 Å². The topological polar surface area (TPSA) is 50.8 Å². The van der Waals surface area contributed by atoms with Crippen molar-refractivity contribution >= 4 is 11.4 Å². The second-order valence-corrected chi connectivity index (χ2v) is 5.05. The van der Waals surface area contributed by atoms with Crippen molar-refractivity contribution in [1.82, 2.24) is 0 Å². The summed E-state index contributed by atoms with van der Waals surface area (Å²) < 4.78 is 5.31. The lowest BCUT2D eigenvalue weighted by atomic mass is 10.0. The number of hydrogen-bond donors (Lipinski definition) is 1. The van der Waals surface area contributed by atoms with E-state index < -0.39 is 0 Å². The molecule has 1 unspecified atom stereocenters. The summed E-state index contributed by atoms with van der Waals surface area (Å²) in [6.45, 7) is 0.490. The third kappa shape index (κ3) is 2.76. The number of nitrogens with two attached hydrogens (primary N) is 1. The van der Waals surface area contributed by atoms with Gasteiger partial charge >= 0.3 is 0 Å². The lowest BCUT2D eigenvalue weighted by Gasteiger charge is -2.24. The smallest absolute Gasteiger partial charge is 0.120 e. The molecule has 0 radical (unpaired) electrons. The highest BCUT2D eigenvalue weighted by Gasteiger charge is 2.28. The average molecular weight is 281 g/mol. The van der Waals surface area contributed by atoms with Crippen LogP contribution in [0, 0.1) is 0 Å². The number of hydrazone groups is 1. The summed E-state index contributed by atoms with van der Waals surface area (Å²) in [6.07, 6.45) is 0.859. The number of anilines is 1. The largest absolute Gasteiger partial charge is 0.497 e. The molecule has 0 spiro atoms. The minimum Gasteiger partial charge on any atom is -0.497 e. The quantitative estimate of drug-likeness (QED) is 0.937. The van der Waals surface area contributed by atoms with Gasteiger partial charge in [0.05, 0.1) is 24.6 Å².